The summed E-state index contributed by atoms with van der Waals surface area (Å²) < 4.78 is 36.9. The van der Waals surface area contributed by atoms with Crippen LogP contribution in [0.3, 0.4) is 0 Å². The Morgan fingerprint density at radius 1 is 1.42 bits per heavy atom. The quantitative estimate of drug-likeness (QED) is 0.654. The molecular weight excluding hydrogens is 171 g/mol. The lowest BCUT2D eigenvalue weighted by molar-refractivity contribution is -0.219. The average Bonchev–Trinajstić information content (AvgIpc) is 1.74. The van der Waals surface area contributed by atoms with Crippen LogP contribution >= 0.6 is 0 Å². The highest BCUT2D eigenvalue weighted by Gasteiger charge is 2.58. The number of rotatable bonds is 1. The van der Waals surface area contributed by atoms with Crippen molar-refractivity contribution in [1.29, 1.82) is 0 Å². The SMILES string of the molecule is CC(=O)NC1(C(F)(F)F)CCC1. The third-order valence-electron chi connectivity index (χ3n) is 2.17. The Morgan fingerprint density at radius 3 is 2.00 bits per heavy atom. The lowest BCUT2D eigenvalue weighted by Gasteiger charge is -2.43. The maximum absolute atomic E-state index is 12.3. The Balaban J connectivity index is 2.70. The smallest absolute Gasteiger partial charge is 0.342 e. The van der Waals surface area contributed by atoms with Gasteiger partial charge in [0.05, 0.1) is 0 Å². The maximum atomic E-state index is 12.3. The fourth-order valence-electron chi connectivity index (χ4n) is 1.35. The van der Waals surface area contributed by atoms with Gasteiger partial charge in [-0.3, -0.25) is 4.79 Å². The van der Waals surface area contributed by atoms with Crippen molar-refractivity contribution in [3.05, 3.63) is 0 Å². The van der Waals surface area contributed by atoms with Crippen molar-refractivity contribution in [1.82, 2.24) is 5.32 Å². The van der Waals surface area contributed by atoms with Gasteiger partial charge in [-0.1, -0.05) is 0 Å². The molecule has 70 valence electrons. The Hall–Kier alpha value is -0.740. The van der Waals surface area contributed by atoms with Crippen LogP contribution in [0.15, 0.2) is 0 Å². The van der Waals surface area contributed by atoms with Gasteiger partial charge >= 0.3 is 6.18 Å². The van der Waals surface area contributed by atoms with E-state index in [0.717, 1.165) is 6.92 Å². The second-order valence-electron chi connectivity index (χ2n) is 3.11. The predicted octanol–water partition coefficient (Wildman–Crippen LogP) is 1.61. The number of halogens is 3. The van der Waals surface area contributed by atoms with Crippen LogP contribution in [0.25, 0.3) is 0 Å². The van der Waals surface area contributed by atoms with Crippen LogP contribution in [0.1, 0.15) is 26.2 Å². The number of amides is 1. The van der Waals surface area contributed by atoms with E-state index in [-0.39, 0.29) is 12.8 Å². The topological polar surface area (TPSA) is 29.1 Å². The van der Waals surface area contributed by atoms with Gasteiger partial charge in [0.25, 0.3) is 0 Å². The number of hydrogen-bond donors (Lipinski definition) is 1. The molecule has 12 heavy (non-hydrogen) atoms. The molecule has 0 aromatic carbocycles. The molecular formula is C7H10F3NO. The zero-order valence-electron chi connectivity index (χ0n) is 6.66. The van der Waals surface area contributed by atoms with E-state index in [1.807, 2.05) is 5.32 Å². The van der Waals surface area contributed by atoms with Crippen LogP contribution in [-0.2, 0) is 4.79 Å². The summed E-state index contributed by atoms with van der Waals surface area (Å²) in [7, 11) is 0. The van der Waals surface area contributed by atoms with Crippen LogP contribution in [-0.4, -0.2) is 17.6 Å². The molecule has 1 N–H and O–H groups in total. The summed E-state index contributed by atoms with van der Waals surface area (Å²) in [6, 6.07) is 0. The minimum absolute atomic E-state index is 0.0100. The summed E-state index contributed by atoms with van der Waals surface area (Å²) in [5.74, 6) is -0.618. The molecule has 0 heterocycles. The summed E-state index contributed by atoms with van der Waals surface area (Å²) in [6.07, 6.45) is -3.76. The van der Waals surface area contributed by atoms with Crippen LogP contribution in [0.4, 0.5) is 13.2 Å². The molecule has 0 bridgehead atoms. The largest absolute Gasteiger partial charge is 0.411 e. The second kappa shape index (κ2) is 2.64. The molecule has 0 aromatic rings. The number of alkyl halides is 3. The summed E-state index contributed by atoms with van der Waals surface area (Å²) >= 11 is 0. The molecule has 1 rings (SSSR count). The third-order valence-corrected chi connectivity index (χ3v) is 2.17. The minimum Gasteiger partial charge on any atom is -0.342 e. The van der Waals surface area contributed by atoms with Crippen molar-refractivity contribution in [2.24, 2.45) is 0 Å². The monoisotopic (exact) mass is 181 g/mol. The van der Waals surface area contributed by atoms with E-state index in [4.69, 9.17) is 0 Å². The molecule has 0 spiro atoms. The van der Waals surface area contributed by atoms with Crippen LogP contribution in [0.5, 0.6) is 0 Å². The Labute approximate surface area is 68.1 Å². The number of carbonyl (C=O) groups is 1. The second-order valence-corrected chi connectivity index (χ2v) is 3.11. The molecule has 0 aromatic heterocycles. The molecule has 2 nitrogen and oxygen atoms in total. The highest BCUT2D eigenvalue weighted by atomic mass is 19.4. The summed E-state index contributed by atoms with van der Waals surface area (Å²) in [5.41, 5.74) is -1.92. The fraction of sp³-hybridized carbons (Fsp3) is 0.857. The number of carbonyl (C=O) groups excluding carboxylic acids is 1. The zero-order chi connectivity index (χ0) is 9.41. The Morgan fingerprint density at radius 2 is 1.92 bits per heavy atom. The molecule has 0 radical (unpaired) electrons. The van der Waals surface area contributed by atoms with E-state index < -0.39 is 17.6 Å². The lowest BCUT2D eigenvalue weighted by atomic mass is 9.76. The summed E-state index contributed by atoms with van der Waals surface area (Å²) in [4.78, 5) is 10.5. The zero-order valence-corrected chi connectivity index (χ0v) is 6.66. The van der Waals surface area contributed by atoms with Crippen molar-refractivity contribution in [2.45, 2.75) is 37.9 Å². The van der Waals surface area contributed by atoms with Gasteiger partial charge in [-0.15, -0.1) is 0 Å². The van der Waals surface area contributed by atoms with E-state index in [1.165, 1.54) is 0 Å². The predicted molar refractivity (Wildman–Crippen MR) is 36.5 cm³/mol. The molecule has 0 aliphatic heterocycles. The molecule has 1 aliphatic rings. The van der Waals surface area contributed by atoms with Gasteiger partial charge in [-0.25, -0.2) is 0 Å². The first-order valence-corrected chi connectivity index (χ1v) is 3.73. The first-order valence-electron chi connectivity index (χ1n) is 3.73. The fourth-order valence-corrected chi connectivity index (χ4v) is 1.35. The van der Waals surface area contributed by atoms with Crippen molar-refractivity contribution in [3.63, 3.8) is 0 Å². The van der Waals surface area contributed by atoms with E-state index in [9.17, 15) is 18.0 Å². The Bertz CT molecular complexity index is 195. The van der Waals surface area contributed by atoms with Gasteiger partial charge in [-0.2, -0.15) is 13.2 Å². The van der Waals surface area contributed by atoms with Gasteiger partial charge in [0.15, 0.2) is 0 Å². The lowest BCUT2D eigenvalue weighted by Crippen LogP contribution is -2.62. The van der Waals surface area contributed by atoms with Gasteiger partial charge in [0.2, 0.25) is 5.91 Å². The van der Waals surface area contributed by atoms with Crippen molar-refractivity contribution in [3.8, 4) is 0 Å². The highest BCUT2D eigenvalue weighted by Crippen LogP contribution is 2.44. The average molecular weight is 181 g/mol. The van der Waals surface area contributed by atoms with Gasteiger partial charge < -0.3 is 5.32 Å². The van der Waals surface area contributed by atoms with Crippen molar-refractivity contribution in [2.75, 3.05) is 0 Å². The molecule has 1 amide bonds. The Kier molecular flexibility index (Phi) is 2.06. The first-order chi connectivity index (χ1) is 5.37. The molecule has 0 atom stereocenters. The van der Waals surface area contributed by atoms with Crippen molar-refractivity contribution < 1.29 is 18.0 Å². The standard InChI is InChI=1S/C7H10F3NO/c1-5(12)11-6(3-2-4-6)7(8,9)10/h2-4H2,1H3,(H,11,12). The van der Waals surface area contributed by atoms with E-state index in [0.29, 0.717) is 6.42 Å². The molecule has 0 unspecified atom stereocenters. The van der Waals surface area contributed by atoms with Gasteiger partial charge in [0, 0.05) is 6.92 Å². The van der Waals surface area contributed by atoms with Gasteiger partial charge in [-0.05, 0) is 19.3 Å². The first kappa shape index (κ1) is 9.35. The molecule has 1 fully saturated rings. The normalized spacial score (nSPS) is 21.3. The molecule has 5 heteroatoms. The van der Waals surface area contributed by atoms with Crippen LogP contribution in [0, 0.1) is 0 Å². The maximum Gasteiger partial charge on any atom is 0.411 e. The van der Waals surface area contributed by atoms with E-state index in [1.54, 1.807) is 0 Å². The summed E-state index contributed by atoms with van der Waals surface area (Å²) in [6.45, 7) is 1.10. The summed E-state index contributed by atoms with van der Waals surface area (Å²) in [5, 5.41) is 1.97. The molecule has 1 aliphatic carbocycles. The van der Waals surface area contributed by atoms with E-state index >= 15 is 0 Å². The number of hydrogen-bond acceptors (Lipinski definition) is 1. The van der Waals surface area contributed by atoms with Gasteiger partial charge in [0.1, 0.15) is 5.54 Å². The molecule has 1 saturated carbocycles. The molecule has 0 saturated heterocycles. The number of nitrogens with one attached hydrogen (secondary N) is 1. The van der Waals surface area contributed by atoms with Crippen molar-refractivity contribution >= 4 is 5.91 Å². The van der Waals surface area contributed by atoms with Crippen LogP contribution < -0.4 is 5.32 Å². The van der Waals surface area contributed by atoms with Crippen LogP contribution in [0.2, 0.25) is 0 Å². The highest BCUT2D eigenvalue weighted by molar-refractivity contribution is 5.74. The van der Waals surface area contributed by atoms with E-state index in [2.05, 4.69) is 0 Å². The third kappa shape index (κ3) is 1.40. The minimum atomic E-state index is -4.31.